The topological polar surface area (TPSA) is 41.1 Å². The van der Waals surface area contributed by atoms with E-state index in [4.69, 9.17) is 0 Å². The molecule has 0 aliphatic carbocycles. The molecule has 0 heterocycles. The number of nitrogens with one attached hydrogen (secondary N) is 2. The van der Waals surface area contributed by atoms with E-state index in [2.05, 4.69) is 31.4 Å². The summed E-state index contributed by atoms with van der Waals surface area (Å²) in [4.78, 5) is 11.5. The highest BCUT2D eigenvalue weighted by Crippen LogP contribution is 2.03. The van der Waals surface area contributed by atoms with Crippen molar-refractivity contribution in [3.8, 4) is 0 Å². The first kappa shape index (κ1) is 14.4. The lowest BCUT2D eigenvalue weighted by Gasteiger charge is -2.22. The third-order valence-electron chi connectivity index (χ3n) is 1.95. The molecule has 0 bridgehead atoms. The fraction of sp³-hybridized carbons (Fsp3) is 0.917. The molecule has 0 aromatic rings. The van der Waals surface area contributed by atoms with E-state index >= 15 is 0 Å². The Morgan fingerprint density at radius 1 is 1.20 bits per heavy atom. The van der Waals surface area contributed by atoms with Crippen LogP contribution in [0.25, 0.3) is 0 Å². The van der Waals surface area contributed by atoms with E-state index in [1.165, 1.54) is 0 Å². The van der Waals surface area contributed by atoms with Gasteiger partial charge in [-0.25, -0.2) is 0 Å². The maximum atomic E-state index is 11.5. The number of amides is 1. The number of hydrogen-bond acceptors (Lipinski definition) is 2. The van der Waals surface area contributed by atoms with Crippen molar-refractivity contribution in [3.63, 3.8) is 0 Å². The molecule has 1 atom stereocenters. The summed E-state index contributed by atoms with van der Waals surface area (Å²) in [5, 5.41) is 6.15. The van der Waals surface area contributed by atoms with Crippen molar-refractivity contribution in [2.24, 2.45) is 5.92 Å². The molecule has 0 aromatic carbocycles. The van der Waals surface area contributed by atoms with E-state index < -0.39 is 0 Å². The van der Waals surface area contributed by atoms with Crippen molar-refractivity contribution in [1.82, 2.24) is 10.6 Å². The molecule has 15 heavy (non-hydrogen) atoms. The molecular weight excluding hydrogens is 188 g/mol. The van der Waals surface area contributed by atoms with Crippen LogP contribution in [0.3, 0.4) is 0 Å². The van der Waals surface area contributed by atoms with E-state index in [-0.39, 0.29) is 11.4 Å². The van der Waals surface area contributed by atoms with Crippen LogP contribution < -0.4 is 10.6 Å². The minimum atomic E-state index is -0.139. The molecule has 1 unspecified atom stereocenters. The Labute approximate surface area is 94.0 Å². The first-order chi connectivity index (χ1) is 6.70. The second-order valence-corrected chi connectivity index (χ2v) is 5.71. The molecule has 2 N–H and O–H groups in total. The molecule has 3 nitrogen and oxygen atoms in total. The highest BCUT2D eigenvalue weighted by atomic mass is 16.2. The number of carbonyl (C=O) groups excluding carboxylic acids is 1. The fourth-order valence-electron chi connectivity index (χ4n) is 1.52. The lowest BCUT2D eigenvalue weighted by Crippen LogP contribution is -2.46. The van der Waals surface area contributed by atoms with Gasteiger partial charge in [0.05, 0.1) is 6.54 Å². The van der Waals surface area contributed by atoms with Crippen molar-refractivity contribution in [3.05, 3.63) is 0 Å². The predicted molar refractivity (Wildman–Crippen MR) is 64.8 cm³/mol. The quantitative estimate of drug-likeness (QED) is 0.734. The summed E-state index contributed by atoms with van der Waals surface area (Å²) in [6.45, 7) is 12.9. The average Bonchev–Trinajstić information content (AvgIpc) is 1.96. The van der Waals surface area contributed by atoms with Gasteiger partial charge < -0.3 is 10.6 Å². The Morgan fingerprint density at radius 2 is 1.73 bits per heavy atom. The minimum Gasteiger partial charge on any atom is -0.350 e. The van der Waals surface area contributed by atoms with Gasteiger partial charge in [-0.2, -0.15) is 0 Å². The molecule has 90 valence electrons. The van der Waals surface area contributed by atoms with Gasteiger partial charge in [-0.05, 0) is 40.0 Å². The SMILES string of the molecule is CC(C)CC(C)NCC(=O)NC(C)(C)C. The van der Waals surface area contributed by atoms with Crippen LogP contribution in [-0.2, 0) is 4.79 Å². The highest BCUT2D eigenvalue weighted by molar-refractivity contribution is 5.78. The minimum absolute atomic E-state index is 0.0677. The molecule has 0 spiro atoms. The van der Waals surface area contributed by atoms with E-state index in [9.17, 15) is 4.79 Å². The number of rotatable bonds is 5. The maximum absolute atomic E-state index is 11.5. The first-order valence-electron chi connectivity index (χ1n) is 5.75. The molecule has 0 rings (SSSR count). The zero-order valence-electron chi connectivity index (χ0n) is 11.0. The zero-order valence-corrected chi connectivity index (χ0v) is 11.0. The summed E-state index contributed by atoms with van der Waals surface area (Å²) in [6, 6.07) is 0.399. The maximum Gasteiger partial charge on any atom is 0.234 e. The van der Waals surface area contributed by atoms with Gasteiger partial charge in [-0.3, -0.25) is 4.79 Å². The summed E-state index contributed by atoms with van der Waals surface area (Å²) in [5.41, 5.74) is -0.139. The lowest BCUT2D eigenvalue weighted by atomic mass is 10.1. The number of carbonyl (C=O) groups is 1. The number of hydrogen-bond donors (Lipinski definition) is 2. The van der Waals surface area contributed by atoms with Gasteiger partial charge >= 0.3 is 0 Å². The molecule has 0 saturated carbocycles. The lowest BCUT2D eigenvalue weighted by molar-refractivity contribution is -0.121. The van der Waals surface area contributed by atoms with Crippen LogP contribution in [0.4, 0.5) is 0 Å². The van der Waals surface area contributed by atoms with Crippen LogP contribution in [-0.4, -0.2) is 24.0 Å². The third-order valence-corrected chi connectivity index (χ3v) is 1.95. The molecule has 1 amide bonds. The summed E-state index contributed by atoms with van der Waals surface area (Å²) < 4.78 is 0. The average molecular weight is 214 g/mol. The van der Waals surface area contributed by atoms with Crippen LogP contribution >= 0.6 is 0 Å². The van der Waals surface area contributed by atoms with Gasteiger partial charge in [-0.15, -0.1) is 0 Å². The highest BCUT2D eigenvalue weighted by Gasteiger charge is 2.14. The second kappa shape index (κ2) is 6.11. The van der Waals surface area contributed by atoms with Crippen molar-refractivity contribution in [1.29, 1.82) is 0 Å². The fourth-order valence-corrected chi connectivity index (χ4v) is 1.52. The van der Waals surface area contributed by atoms with Crippen LogP contribution in [0.15, 0.2) is 0 Å². The van der Waals surface area contributed by atoms with Crippen LogP contribution in [0.5, 0.6) is 0 Å². The van der Waals surface area contributed by atoms with Gasteiger partial charge in [0, 0.05) is 11.6 Å². The molecule has 0 aromatic heterocycles. The normalized spacial score (nSPS) is 14.1. The Hall–Kier alpha value is -0.570. The van der Waals surface area contributed by atoms with Crippen LogP contribution in [0, 0.1) is 5.92 Å². The molecule has 0 fully saturated rings. The Balaban J connectivity index is 3.72. The molecule has 0 saturated heterocycles. The third kappa shape index (κ3) is 9.73. The van der Waals surface area contributed by atoms with Gasteiger partial charge in [0.2, 0.25) is 5.91 Å². The summed E-state index contributed by atoms with van der Waals surface area (Å²) in [6.07, 6.45) is 1.10. The first-order valence-corrected chi connectivity index (χ1v) is 5.75. The van der Waals surface area contributed by atoms with Crippen LogP contribution in [0.1, 0.15) is 48.0 Å². The Morgan fingerprint density at radius 3 is 2.13 bits per heavy atom. The van der Waals surface area contributed by atoms with Gasteiger partial charge in [0.25, 0.3) is 0 Å². The summed E-state index contributed by atoms with van der Waals surface area (Å²) in [7, 11) is 0. The smallest absolute Gasteiger partial charge is 0.234 e. The largest absolute Gasteiger partial charge is 0.350 e. The monoisotopic (exact) mass is 214 g/mol. The van der Waals surface area contributed by atoms with Gasteiger partial charge in [0.15, 0.2) is 0 Å². The summed E-state index contributed by atoms with van der Waals surface area (Å²) >= 11 is 0. The van der Waals surface area contributed by atoms with E-state index in [0.29, 0.717) is 18.5 Å². The molecule has 0 aliphatic rings. The molecule has 0 radical (unpaired) electrons. The van der Waals surface area contributed by atoms with Crippen molar-refractivity contribution in [2.75, 3.05) is 6.54 Å². The Kier molecular flexibility index (Phi) is 5.88. The van der Waals surface area contributed by atoms with Crippen LogP contribution in [0.2, 0.25) is 0 Å². The molecule has 3 heteroatoms. The van der Waals surface area contributed by atoms with Gasteiger partial charge in [-0.1, -0.05) is 13.8 Å². The zero-order chi connectivity index (χ0) is 12.1. The predicted octanol–water partition coefficient (Wildman–Crippen LogP) is 1.93. The van der Waals surface area contributed by atoms with E-state index in [1.807, 2.05) is 20.8 Å². The van der Waals surface area contributed by atoms with Gasteiger partial charge in [0.1, 0.15) is 0 Å². The Bertz CT molecular complexity index is 194. The second-order valence-electron chi connectivity index (χ2n) is 5.71. The standard InChI is InChI=1S/C12H26N2O/c1-9(2)7-10(3)13-8-11(15)14-12(4,5)6/h9-10,13H,7-8H2,1-6H3,(H,14,15). The summed E-state index contributed by atoms with van der Waals surface area (Å²) in [5.74, 6) is 0.733. The van der Waals surface area contributed by atoms with Crippen molar-refractivity contribution >= 4 is 5.91 Å². The van der Waals surface area contributed by atoms with E-state index in [1.54, 1.807) is 0 Å². The van der Waals surface area contributed by atoms with E-state index in [0.717, 1.165) is 6.42 Å². The molecular formula is C12H26N2O. The van der Waals surface area contributed by atoms with Crippen molar-refractivity contribution < 1.29 is 4.79 Å². The molecule has 0 aliphatic heterocycles. The van der Waals surface area contributed by atoms with Crippen molar-refractivity contribution in [2.45, 2.75) is 59.5 Å².